The minimum atomic E-state index is -0.496. The predicted molar refractivity (Wildman–Crippen MR) is 160 cm³/mol. The van der Waals surface area contributed by atoms with Gasteiger partial charge in [-0.05, 0) is 92.4 Å². The van der Waals surface area contributed by atoms with E-state index in [4.69, 9.17) is 9.84 Å². The summed E-state index contributed by atoms with van der Waals surface area (Å²) in [6, 6.07) is 31.0. The third-order valence-electron chi connectivity index (χ3n) is 9.31. The molecule has 0 radical (unpaired) electrons. The molecule has 0 spiro atoms. The Bertz CT molecular complexity index is 1390. The summed E-state index contributed by atoms with van der Waals surface area (Å²) < 4.78 is 5.56. The van der Waals surface area contributed by atoms with E-state index in [1.54, 1.807) is 7.11 Å². The highest BCUT2D eigenvalue weighted by Gasteiger charge is 2.47. The molecule has 5 rings (SSSR count). The summed E-state index contributed by atoms with van der Waals surface area (Å²) in [7, 11) is 1.72. The molecule has 0 bridgehead atoms. The molecule has 0 saturated heterocycles. The third kappa shape index (κ3) is 3.93. The lowest BCUT2D eigenvalue weighted by atomic mass is 9.66. The number of hydrogen-bond acceptors (Lipinski definition) is 1. The number of rotatable bonds is 7. The van der Waals surface area contributed by atoms with Crippen LogP contribution in [-0.2, 0) is 16.2 Å². The molecule has 4 aromatic carbocycles. The third-order valence-corrected chi connectivity index (χ3v) is 9.31. The molecule has 2 heteroatoms. The number of ether oxygens (including phenoxy) is 1. The van der Waals surface area contributed by atoms with E-state index < -0.39 is 5.41 Å². The van der Waals surface area contributed by atoms with Crippen LogP contribution in [0.15, 0.2) is 84.9 Å². The number of methoxy groups -OCH3 is 1. The second kappa shape index (κ2) is 9.34. The Balaban J connectivity index is 1.93. The summed E-state index contributed by atoms with van der Waals surface area (Å²) >= 11 is 0. The highest BCUT2D eigenvalue weighted by atomic mass is 16.5. The molecular formula is C36H41O2+. The molecule has 0 amide bonds. The van der Waals surface area contributed by atoms with E-state index in [0.717, 1.165) is 18.6 Å². The molecule has 0 aliphatic heterocycles. The SMILES string of the molecule is CCC(C)(C)c1ccc2c(c1)C(c1ccc([OH2+])cc1)(c1ccc(OC)cc1)c1cc(C(C)(C)CC)ccc1-2. The molecule has 0 heterocycles. The van der Waals surface area contributed by atoms with Gasteiger partial charge in [0.2, 0.25) is 0 Å². The maximum absolute atomic E-state index is 8.24. The van der Waals surface area contributed by atoms with Crippen LogP contribution in [-0.4, -0.2) is 12.2 Å². The summed E-state index contributed by atoms with van der Waals surface area (Å²) in [4.78, 5) is 0. The molecule has 38 heavy (non-hydrogen) atoms. The molecule has 4 aromatic rings. The first kappa shape index (κ1) is 26.1. The van der Waals surface area contributed by atoms with Crippen molar-refractivity contribution in [3.05, 3.63) is 118 Å². The van der Waals surface area contributed by atoms with Crippen LogP contribution in [0, 0.1) is 0 Å². The van der Waals surface area contributed by atoms with E-state index >= 15 is 0 Å². The average Bonchev–Trinajstić information content (AvgIpc) is 3.23. The summed E-state index contributed by atoms with van der Waals surface area (Å²) in [6.07, 6.45) is 2.13. The van der Waals surface area contributed by atoms with Crippen molar-refractivity contribution in [2.24, 2.45) is 0 Å². The Hall–Kier alpha value is -3.52. The quantitative estimate of drug-likeness (QED) is 0.203. The molecule has 0 unspecified atom stereocenters. The zero-order chi connectivity index (χ0) is 27.3. The predicted octanol–water partition coefficient (Wildman–Crippen LogP) is 8.87. The maximum Gasteiger partial charge on any atom is 0.253 e. The van der Waals surface area contributed by atoms with Crippen molar-refractivity contribution in [2.45, 2.75) is 70.6 Å². The summed E-state index contributed by atoms with van der Waals surface area (Å²) in [6.45, 7) is 13.9. The largest absolute Gasteiger partial charge is 0.593 e. The fourth-order valence-corrected chi connectivity index (χ4v) is 5.92. The van der Waals surface area contributed by atoms with Crippen molar-refractivity contribution in [1.29, 1.82) is 0 Å². The van der Waals surface area contributed by atoms with Crippen molar-refractivity contribution >= 4 is 0 Å². The molecule has 0 aromatic heterocycles. The average molecular weight is 506 g/mol. The summed E-state index contributed by atoms with van der Waals surface area (Å²) in [5, 5.41) is 8.24. The van der Waals surface area contributed by atoms with Crippen molar-refractivity contribution in [3.8, 4) is 22.6 Å². The second-order valence-electron chi connectivity index (χ2n) is 12.1. The van der Waals surface area contributed by atoms with Gasteiger partial charge in [0.1, 0.15) is 5.75 Å². The van der Waals surface area contributed by atoms with Crippen molar-refractivity contribution in [2.75, 3.05) is 7.11 Å². The lowest BCUT2D eigenvalue weighted by Crippen LogP contribution is -2.30. The molecule has 1 aliphatic carbocycles. The monoisotopic (exact) mass is 505 g/mol. The van der Waals surface area contributed by atoms with Crippen LogP contribution in [0.1, 0.15) is 87.8 Å². The van der Waals surface area contributed by atoms with Gasteiger partial charge in [-0.15, -0.1) is 0 Å². The zero-order valence-corrected chi connectivity index (χ0v) is 23.9. The van der Waals surface area contributed by atoms with Gasteiger partial charge >= 0.3 is 0 Å². The van der Waals surface area contributed by atoms with Crippen LogP contribution in [0.5, 0.6) is 11.5 Å². The topological polar surface area (TPSA) is 32.1 Å². The minimum absolute atomic E-state index is 0.0653. The van der Waals surface area contributed by atoms with Crippen molar-refractivity contribution < 1.29 is 9.84 Å². The van der Waals surface area contributed by atoms with E-state index in [2.05, 4.69) is 114 Å². The normalized spacial score (nSPS) is 14.2. The number of fused-ring (bicyclic) bond motifs is 3. The molecule has 0 saturated carbocycles. The van der Waals surface area contributed by atoms with E-state index in [0.29, 0.717) is 5.75 Å². The van der Waals surface area contributed by atoms with Crippen LogP contribution in [0.2, 0.25) is 0 Å². The Morgan fingerprint density at radius 3 is 1.45 bits per heavy atom. The summed E-state index contributed by atoms with van der Waals surface area (Å²) in [5.41, 5.74) is 9.99. The highest BCUT2D eigenvalue weighted by Crippen LogP contribution is 2.57. The molecule has 2 nitrogen and oxygen atoms in total. The van der Waals surface area contributed by atoms with Crippen LogP contribution in [0.4, 0.5) is 0 Å². The fraction of sp³-hybridized carbons (Fsp3) is 0.333. The Labute approximate surface area is 228 Å². The first-order chi connectivity index (χ1) is 18.1. The zero-order valence-electron chi connectivity index (χ0n) is 23.9. The van der Waals surface area contributed by atoms with Gasteiger partial charge in [0.15, 0.2) is 0 Å². The molecule has 1 aliphatic rings. The van der Waals surface area contributed by atoms with E-state index in [9.17, 15) is 0 Å². The Morgan fingerprint density at radius 2 is 1.05 bits per heavy atom. The maximum atomic E-state index is 8.24. The van der Waals surface area contributed by atoms with Gasteiger partial charge in [0, 0.05) is 12.1 Å². The molecule has 2 N–H and O–H groups in total. The van der Waals surface area contributed by atoms with E-state index in [-0.39, 0.29) is 10.8 Å². The fourth-order valence-electron chi connectivity index (χ4n) is 5.92. The summed E-state index contributed by atoms with van der Waals surface area (Å²) in [5.74, 6) is 1.38. The number of benzene rings is 4. The van der Waals surface area contributed by atoms with Crippen LogP contribution in [0.25, 0.3) is 11.1 Å². The van der Waals surface area contributed by atoms with Crippen LogP contribution in [0.3, 0.4) is 0 Å². The van der Waals surface area contributed by atoms with Gasteiger partial charge in [-0.2, -0.15) is 0 Å². The van der Waals surface area contributed by atoms with Gasteiger partial charge in [0.05, 0.1) is 12.5 Å². The van der Waals surface area contributed by atoms with Crippen molar-refractivity contribution in [1.82, 2.24) is 0 Å². The number of hydrogen-bond donors (Lipinski definition) is 0. The standard InChI is InChI=1S/C36H40O2/c1-8-34(3,4)26-14-20-30-31-21-15-27(35(5,6)9-2)23-33(31)36(32(30)22-26,24-10-16-28(37)17-11-24)25-12-18-29(38-7)19-13-25/h10-23,37H,8-9H2,1-7H3/p+1. The molecular weight excluding hydrogens is 464 g/mol. The Kier molecular flexibility index (Phi) is 6.42. The van der Waals surface area contributed by atoms with Gasteiger partial charge in [-0.1, -0.05) is 90.1 Å². The lowest BCUT2D eigenvalue weighted by molar-refractivity contribution is 0.414. The van der Waals surface area contributed by atoms with Gasteiger partial charge in [0.25, 0.3) is 5.75 Å². The van der Waals surface area contributed by atoms with E-state index in [1.165, 1.54) is 44.5 Å². The van der Waals surface area contributed by atoms with Crippen molar-refractivity contribution in [3.63, 3.8) is 0 Å². The van der Waals surface area contributed by atoms with Crippen LogP contribution < -0.4 is 4.74 Å². The minimum Gasteiger partial charge on any atom is -0.593 e. The Morgan fingerprint density at radius 1 is 0.632 bits per heavy atom. The lowest BCUT2D eigenvalue weighted by Gasteiger charge is -2.36. The smallest absolute Gasteiger partial charge is 0.253 e. The van der Waals surface area contributed by atoms with Gasteiger partial charge in [-0.25, -0.2) is 0 Å². The van der Waals surface area contributed by atoms with Gasteiger partial charge < -0.3 is 9.84 Å². The van der Waals surface area contributed by atoms with Crippen LogP contribution >= 0.6 is 0 Å². The van der Waals surface area contributed by atoms with E-state index in [1.807, 2.05) is 12.1 Å². The second-order valence-corrected chi connectivity index (χ2v) is 12.1. The highest BCUT2D eigenvalue weighted by molar-refractivity contribution is 5.87. The molecule has 0 fully saturated rings. The molecule has 0 atom stereocenters. The van der Waals surface area contributed by atoms with Gasteiger partial charge in [-0.3, -0.25) is 0 Å². The first-order valence-corrected chi connectivity index (χ1v) is 13.9. The first-order valence-electron chi connectivity index (χ1n) is 13.9. The molecule has 196 valence electrons.